The van der Waals surface area contributed by atoms with Crippen molar-refractivity contribution in [3.05, 3.63) is 36.4 Å². The van der Waals surface area contributed by atoms with Crippen molar-refractivity contribution in [2.45, 2.75) is 31.4 Å². The molecule has 2 atom stereocenters. The highest BCUT2D eigenvalue weighted by atomic mass is 16.7. The summed E-state index contributed by atoms with van der Waals surface area (Å²) < 4.78 is 15.6. The van der Waals surface area contributed by atoms with Crippen LogP contribution in [-0.2, 0) is 14.3 Å². The van der Waals surface area contributed by atoms with Crippen LogP contribution in [0.1, 0.15) is 19.3 Å². The highest BCUT2D eigenvalue weighted by Gasteiger charge is 2.47. The summed E-state index contributed by atoms with van der Waals surface area (Å²) in [7, 11) is 3.18. The van der Waals surface area contributed by atoms with Crippen LogP contribution in [0.4, 0.5) is 5.69 Å². The average Bonchev–Trinajstić information content (AvgIpc) is 3.39. The fourth-order valence-corrected chi connectivity index (χ4v) is 2.79. The minimum Gasteiger partial charge on any atom is -0.497 e. The van der Waals surface area contributed by atoms with Gasteiger partial charge in [0, 0.05) is 12.8 Å². The van der Waals surface area contributed by atoms with Gasteiger partial charge in [-0.15, -0.1) is 0 Å². The molecule has 0 spiro atoms. The zero-order valence-electron chi connectivity index (χ0n) is 13.6. The molecule has 1 saturated heterocycles. The summed E-state index contributed by atoms with van der Waals surface area (Å²) in [5.74, 6) is 1.57. The Morgan fingerprint density at radius 1 is 1.22 bits per heavy atom. The van der Waals surface area contributed by atoms with Gasteiger partial charge < -0.3 is 19.1 Å². The lowest BCUT2D eigenvalue weighted by molar-refractivity contribution is -0.151. The predicted octanol–water partition coefficient (Wildman–Crippen LogP) is 2.76. The molecule has 2 aliphatic rings. The monoisotopic (exact) mass is 317 g/mol. The number of anilines is 1. The van der Waals surface area contributed by atoms with Crippen molar-refractivity contribution in [2.75, 3.05) is 25.9 Å². The second kappa shape index (κ2) is 7.15. The summed E-state index contributed by atoms with van der Waals surface area (Å²) in [5.41, 5.74) is 0.856. The van der Waals surface area contributed by atoms with E-state index < -0.39 is 6.10 Å². The van der Waals surface area contributed by atoms with Crippen LogP contribution < -0.4 is 9.64 Å². The Hall–Kier alpha value is -1.85. The molecule has 1 aromatic rings. The number of nitrogens with zero attached hydrogens (tertiary/aromatic N) is 1. The number of hydrogen-bond donors (Lipinski definition) is 0. The van der Waals surface area contributed by atoms with E-state index in [2.05, 4.69) is 12.2 Å². The molecule has 0 aromatic heterocycles. The van der Waals surface area contributed by atoms with Crippen molar-refractivity contribution in [2.24, 2.45) is 5.92 Å². The minimum absolute atomic E-state index is 0.0340. The smallest absolute Gasteiger partial charge is 0.259 e. The van der Waals surface area contributed by atoms with Crippen LogP contribution in [-0.4, -0.2) is 39.1 Å². The fourth-order valence-electron chi connectivity index (χ4n) is 2.79. The Morgan fingerprint density at radius 3 is 2.57 bits per heavy atom. The minimum atomic E-state index is -0.465. The molecule has 1 saturated carbocycles. The van der Waals surface area contributed by atoms with E-state index in [0.717, 1.165) is 23.8 Å². The second-order valence-corrected chi connectivity index (χ2v) is 6.00. The first kappa shape index (κ1) is 16.0. The number of rotatable bonds is 8. The Bertz CT molecular complexity index is 565. The molecule has 1 unspecified atom stereocenters. The van der Waals surface area contributed by atoms with Crippen LogP contribution in [0.2, 0.25) is 0 Å². The first-order chi connectivity index (χ1) is 11.2. The molecule has 1 aliphatic heterocycles. The number of methoxy groups -OCH3 is 2. The number of allylic oxidation sites excluding steroid dienone is 1. The molecule has 3 rings (SSSR count). The molecule has 23 heavy (non-hydrogen) atoms. The third kappa shape index (κ3) is 3.57. The summed E-state index contributed by atoms with van der Waals surface area (Å²) >= 11 is 0. The zero-order chi connectivity index (χ0) is 16.2. The molecule has 1 aromatic carbocycles. The molecule has 0 radical (unpaired) electrons. The number of amides is 1. The lowest BCUT2D eigenvalue weighted by Crippen LogP contribution is -2.65. The normalized spacial score (nSPS) is 24.1. The molecule has 0 N–H and O–H groups in total. The molecule has 5 nitrogen and oxygen atoms in total. The van der Waals surface area contributed by atoms with Gasteiger partial charge in [-0.1, -0.05) is 12.2 Å². The maximum absolute atomic E-state index is 12.4. The van der Waals surface area contributed by atoms with Crippen molar-refractivity contribution in [3.8, 4) is 5.75 Å². The van der Waals surface area contributed by atoms with Gasteiger partial charge >= 0.3 is 0 Å². The van der Waals surface area contributed by atoms with E-state index in [1.807, 2.05) is 24.3 Å². The van der Waals surface area contributed by atoms with Crippen LogP contribution in [0, 0.1) is 5.92 Å². The molecule has 1 amide bonds. The summed E-state index contributed by atoms with van der Waals surface area (Å²) in [5, 5.41) is 0. The topological polar surface area (TPSA) is 48.0 Å². The molecule has 1 heterocycles. The van der Waals surface area contributed by atoms with Gasteiger partial charge in [-0.05, 0) is 49.4 Å². The first-order valence-electron chi connectivity index (χ1n) is 7.99. The Morgan fingerprint density at radius 2 is 1.96 bits per heavy atom. The van der Waals surface area contributed by atoms with E-state index in [1.54, 1.807) is 19.1 Å². The quantitative estimate of drug-likeness (QED) is 0.420. The second-order valence-electron chi connectivity index (χ2n) is 6.00. The Labute approximate surface area is 136 Å². The van der Waals surface area contributed by atoms with Crippen LogP contribution in [0.3, 0.4) is 0 Å². The van der Waals surface area contributed by atoms with Crippen LogP contribution in [0.15, 0.2) is 36.4 Å². The number of carbonyl (C=O) groups is 1. The molecule has 2 fully saturated rings. The third-order valence-electron chi connectivity index (χ3n) is 4.30. The fraction of sp³-hybridized carbons (Fsp3) is 0.500. The molecular weight excluding hydrogens is 294 g/mol. The number of β-lactam (4-membered cyclic amide) rings is 1. The Kier molecular flexibility index (Phi) is 4.98. The van der Waals surface area contributed by atoms with Gasteiger partial charge in [0.1, 0.15) is 12.5 Å². The first-order valence-corrected chi connectivity index (χ1v) is 7.99. The van der Waals surface area contributed by atoms with Gasteiger partial charge in [0.25, 0.3) is 5.91 Å². The van der Waals surface area contributed by atoms with Crippen LogP contribution >= 0.6 is 0 Å². The third-order valence-corrected chi connectivity index (χ3v) is 4.30. The maximum Gasteiger partial charge on any atom is 0.259 e. The van der Waals surface area contributed by atoms with E-state index in [-0.39, 0.29) is 18.7 Å². The predicted molar refractivity (Wildman–Crippen MR) is 87.5 cm³/mol. The largest absolute Gasteiger partial charge is 0.497 e. The van der Waals surface area contributed by atoms with Crippen LogP contribution in [0.5, 0.6) is 5.75 Å². The maximum atomic E-state index is 12.4. The van der Waals surface area contributed by atoms with Gasteiger partial charge in [0.2, 0.25) is 0 Å². The number of carbonyl (C=O) groups excluding carboxylic acids is 1. The van der Waals surface area contributed by atoms with E-state index in [0.29, 0.717) is 0 Å². The van der Waals surface area contributed by atoms with Gasteiger partial charge in [0.15, 0.2) is 6.10 Å². The SMILES string of the molecule is COCO[C@H]1C(=O)N(c2ccc(OC)cc2)C1/C=C/CC1CC1. The molecule has 124 valence electrons. The van der Waals surface area contributed by atoms with Gasteiger partial charge in [-0.3, -0.25) is 4.79 Å². The van der Waals surface area contributed by atoms with Gasteiger partial charge in [-0.2, -0.15) is 0 Å². The number of hydrogen-bond acceptors (Lipinski definition) is 4. The summed E-state index contributed by atoms with van der Waals surface area (Å²) in [4.78, 5) is 14.2. The summed E-state index contributed by atoms with van der Waals surface area (Å²) in [6.07, 6.45) is 7.52. The number of ether oxygens (including phenoxy) is 3. The molecular formula is C18H23NO4. The number of benzene rings is 1. The highest BCUT2D eigenvalue weighted by molar-refractivity contribution is 6.05. The van der Waals surface area contributed by atoms with E-state index in [9.17, 15) is 4.79 Å². The molecule has 1 aliphatic carbocycles. The summed E-state index contributed by atoms with van der Waals surface area (Å²) in [6.45, 7) is 0.125. The lowest BCUT2D eigenvalue weighted by Gasteiger charge is -2.45. The lowest BCUT2D eigenvalue weighted by atomic mass is 9.95. The highest BCUT2D eigenvalue weighted by Crippen LogP contribution is 2.35. The standard InChI is InChI=1S/C18H23NO4/c1-21-12-23-17-16(5-3-4-13-6-7-13)19(18(17)20)14-8-10-15(22-2)11-9-14/h3,5,8-11,13,16-17H,4,6-7,12H2,1-2H3/b5-3+/t16?,17-/m1/s1. The Balaban J connectivity index is 1.72. The van der Waals surface area contributed by atoms with Crippen molar-refractivity contribution in [3.63, 3.8) is 0 Å². The van der Waals surface area contributed by atoms with Crippen molar-refractivity contribution in [1.82, 2.24) is 0 Å². The van der Waals surface area contributed by atoms with Crippen LogP contribution in [0.25, 0.3) is 0 Å². The van der Waals surface area contributed by atoms with Crippen molar-refractivity contribution >= 4 is 11.6 Å². The van der Waals surface area contributed by atoms with Crippen molar-refractivity contribution < 1.29 is 19.0 Å². The van der Waals surface area contributed by atoms with Gasteiger partial charge in [0.05, 0.1) is 13.2 Å². The van der Waals surface area contributed by atoms with E-state index in [1.165, 1.54) is 12.8 Å². The zero-order valence-corrected chi connectivity index (χ0v) is 13.6. The van der Waals surface area contributed by atoms with E-state index in [4.69, 9.17) is 14.2 Å². The van der Waals surface area contributed by atoms with E-state index >= 15 is 0 Å². The molecule has 5 heteroatoms. The summed E-state index contributed by atoms with van der Waals surface area (Å²) in [6, 6.07) is 7.42. The van der Waals surface area contributed by atoms with Crippen molar-refractivity contribution in [1.29, 1.82) is 0 Å². The molecule has 0 bridgehead atoms. The average molecular weight is 317 g/mol. The van der Waals surface area contributed by atoms with Gasteiger partial charge in [-0.25, -0.2) is 0 Å².